The highest BCUT2D eigenvalue weighted by Crippen LogP contribution is 2.28. The van der Waals surface area contributed by atoms with Crippen molar-refractivity contribution in [3.05, 3.63) is 45.5 Å². The summed E-state index contributed by atoms with van der Waals surface area (Å²) >= 11 is 1.20. The Hall–Kier alpha value is -2.81. The van der Waals surface area contributed by atoms with Crippen LogP contribution in [0.3, 0.4) is 0 Å². The lowest BCUT2D eigenvalue weighted by Gasteiger charge is -2.32. The van der Waals surface area contributed by atoms with Gasteiger partial charge in [0.05, 0.1) is 4.92 Å². The molecule has 0 saturated carbocycles. The van der Waals surface area contributed by atoms with Gasteiger partial charge in [0, 0.05) is 29.6 Å². The Morgan fingerprint density at radius 3 is 2.88 bits per heavy atom. The number of aromatic nitrogens is 1. The second kappa shape index (κ2) is 6.98. The summed E-state index contributed by atoms with van der Waals surface area (Å²) in [4.78, 5) is 40.0. The minimum atomic E-state index is -1.01. The van der Waals surface area contributed by atoms with Gasteiger partial charge in [0.1, 0.15) is 16.7 Å². The smallest absolute Gasteiger partial charge is 0.326 e. The van der Waals surface area contributed by atoms with E-state index in [0.717, 1.165) is 12.8 Å². The third-order valence-electron chi connectivity index (χ3n) is 4.08. The van der Waals surface area contributed by atoms with Gasteiger partial charge in [0.15, 0.2) is 0 Å². The SMILES string of the molecule is O=C(O)C1CCCCN1C(=O)c1csc(-c2cccc([N+](=O)[O-])c2)n1. The summed E-state index contributed by atoms with van der Waals surface area (Å²) in [6.45, 7) is 0.388. The van der Waals surface area contributed by atoms with Crippen LogP contribution in [-0.2, 0) is 4.79 Å². The molecule has 2 aromatic rings. The average Bonchev–Trinajstić information content (AvgIpc) is 3.11. The maximum atomic E-state index is 12.6. The quantitative estimate of drug-likeness (QED) is 0.661. The van der Waals surface area contributed by atoms with Gasteiger partial charge in [0.25, 0.3) is 11.6 Å². The monoisotopic (exact) mass is 361 g/mol. The molecule has 1 fully saturated rings. The number of thiazole rings is 1. The van der Waals surface area contributed by atoms with Crippen LogP contribution in [-0.4, -0.2) is 44.4 Å². The van der Waals surface area contributed by atoms with Crippen molar-refractivity contribution in [2.45, 2.75) is 25.3 Å². The van der Waals surface area contributed by atoms with Crippen LogP contribution in [0.1, 0.15) is 29.8 Å². The van der Waals surface area contributed by atoms with Gasteiger partial charge < -0.3 is 10.0 Å². The molecule has 1 aliphatic heterocycles. The molecule has 0 aliphatic carbocycles. The molecule has 3 rings (SSSR count). The number of non-ortho nitro benzene ring substituents is 1. The number of benzene rings is 1. The zero-order chi connectivity index (χ0) is 18.0. The third kappa shape index (κ3) is 3.50. The normalized spacial score (nSPS) is 17.3. The van der Waals surface area contributed by atoms with E-state index >= 15 is 0 Å². The summed E-state index contributed by atoms with van der Waals surface area (Å²) < 4.78 is 0. The number of nitro groups is 1. The predicted molar refractivity (Wildman–Crippen MR) is 90.5 cm³/mol. The van der Waals surface area contributed by atoms with Crippen LogP contribution in [0.4, 0.5) is 5.69 Å². The summed E-state index contributed by atoms with van der Waals surface area (Å²) in [5.41, 5.74) is 0.661. The predicted octanol–water partition coefficient (Wildman–Crippen LogP) is 2.80. The number of hydrogen-bond donors (Lipinski definition) is 1. The molecule has 1 aromatic carbocycles. The summed E-state index contributed by atoms with van der Waals surface area (Å²) in [5.74, 6) is -1.43. The number of carboxylic acid groups (broad SMARTS) is 1. The molecule has 130 valence electrons. The number of hydrogen-bond acceptors (Lipinski definition) is 6. The number of carboxylic acids is 1. The van der Waals surface area contributed by atoms with Crippen molar-refractivity contribution in [3.8, 4) is 10.6 Å². The van der Waals surface area contributed by atoms with Gasteiger partial charge in [-0.05, 0) is 19.3 Å². The molecule has 2 heterocycles. The van der Waals surface area contributed by atoms with E-state index in [1.807, 2.05) is 0 Å². The Labute approximate surface area is 146 Å². The van der Waals surface area contributed by atoms with Crippen LogP contribution < -0.4 is 0 Å². The number of carbonyl (C=O) groups is 2. The molecule has 8 nitrogen and oxygen atoms in total. The zero-order valence-electron chi connectivity index (χ0n) is 13.1. The molecule has 1 unspecified atom stereocenters. The highest BCUT2D eigenvalue weighted by Gasteiger charge is 2.33. The maximum absolute atomic E-state index is 12.6. The third-order valence-corrected chi connectivity index (χ3v) is 4.97. The fraction of sp³-hybridized carbons (Fsp3) is 0.312. The molecule has 1 saturated heterocycles. The first-order valence-electron chi connectivity index (χ1n) is 7.71. The lowest BCUT2D eigenvalue weighted by molar-refractivity contribution is -0.384. The zero-order valence-corrected chi connectivity index (χ0v) is 13.9. The van der Waals surface area contributed by atoms with Gasteiger partial charge in [0.2, 0.25) is 0 Å². The highest BCUT2D eigenvalue weighted by atomic mass is 32.1. The van der Waals surface area contributed by atoms with Crippen molar-refractivity contribution in [1.29, 1.82) is 0 Å². The molecule has 1 amide bonds. The van der Waals surface area contributed by atoms with E-state index in [1.165, 1.54) is 28.4 Å². The molecular formula is C16H15N3O5S. The lowest BCUT2D eigenvalue weighted by Crippen LogP contribution is -2.48. The minimum absolute atomic E-state index is 0.0532. The van der Waals surface area contributed by atoms with Gasteiger partial charge in [-0.2, -0.15) is 0 Å². The largest absolute Gasteiger partial charge is 0.480 e. The Balaban J connectivity index is 1.85. The van der Waals surface area contributed by atoms with Gasteiger partial charge in [-0.3, -0.25) is 14.9 Å². The number of likely N-dealkylation sites (tertiary alicyclic amines) is 1. The molecule has 0 radical (unpaired) electrons. The average molecular weight is 361 g/mol. The number of carbonyl (C=O) groups excluding carboxylic acids is 1. The van der Waals surface area contributed by atoms with Crippen molar-refractivity contribution in [1.82, 2.24) is 9.88 Å². The number of aliphatic carboxylic acids is 1. The molecule has 1 aliphatic rings. The van der Waals surface area contributed by atoms with Gasteiger partial charge in [-0.15, -0.1) is 11.3 Å². The highest BCUT2D eigenvalue weighted by molar-refractivity contribution is 7.13. The van der Waals surface area contributed by atoms with Crippen LogP contribution in [0.2, 0.25) is 0 Å². The minimum Gasteiger partial charge on any atom is -0.480 e. The van der Waals surface area contributed by atoms with E-state index in [0.29, 0.717) is 23.5 Å². The summed E-state index contributed by atoms with van der Waals surface area (Å²) in [7, 11) is 0. The second-order valence-corrected chi connectivity index (χ2v) is 6.55. The van der Waals surface area contributed by atoms with Crippen molar-refractivity contribution < 1.29 is 19.6 Å². The first-order valence-corrected chi connectivity index (χ1v) is 8.59. The fourth-order valence-electron chi connectivity index (χ4n) is 2.84. The Morgan fingerprint density at radius 2 is 2.16 bits per heavy atom. The fourth-order valence-corrected chi connectivity index (χ4v) is 3.63. The Kier molecular flexibility index (Phi) is 4.75. The van der Waals surface area contributed by atoms with Gasteiger partial charge in [-0.25, -0.2) is 9.78 Å². The molecule has 1 atom stereocenters. The van der Waals surface area contributed by atoms with E-state index in [2.05, 4.69) is 4.98 Å². The topological polar surface area (TPSA) is 114 Å². The van der Waals surface area contributed by atoms with Crippen LogP contribution in [0.25, 0.3) is 10.6 Å². The number of rotatable bonds is 4. The van der Waals surface area contributed by atoms with Crippen molar-refractivity contribution in [2.24, 2.45) is 0 Å². The maximum Gasteiger partial charge on any atom is 0.326 e. The van der Waals surface area contributed by atoms with Gasteiger partial charge in [-0.1, -0.05) is 12.1 Å². The van der Waals surface area contributed by atoms with Gasteiger partial charge >= 0.3 is 5.97 Å². The van der Waals surface area contributed by atoms with Crippen LogP contribution in [0, 0.1) is 10.1 Å². The molecule has 0 bridgehead atoms. The van der Waals surface area contributed by atoms with Crippen LogP contribution in [0.5, 0.6) is 0 Å². The molecule has 0 spiro atoms. The van der Waals surface area contributed by atoms with Crippen LogP contribution in [0.15, 0.2) is 29.6 Å². The van der Waals surface area contributed by atoms with Crippen LogP contribution >= 0.6 is 11.3 Å². The first kappa shape index (κ1) is 17.0. The Morgan fingerprint density at radius 1 is 1.36 bits per heavy atom. The van der Waals surface area contributed by atoms with Crippen molar-refractivity contribution >= 4 is 28.9 Å². The molecule has 25 heavy (non-hydrogen) atoms. The van der Waals surface area contributed by atoms with Crippen molar-refractivity contribution in [3.63, 3.8) is 0 Å². The number of nitrogens with zero attached hydrogens (tertiary/aromatic N) is 3. The summed E-state index contributed by atoms with van der Waals surface area (Å²) in [6, 6.07) is 5.19. The lowest BCUT2D eigenvalue weighted by atomic mass is 10.0. The standard InChI is InChI=1S/C16H15N3O5S/c20-15(18-7-2-1-6-13(18)16(21)22)12-9-25-14(17-12)10-4-3-5-11(8-10)19(23)24/h3-5,8-9,13H,1-2,6-7H2,(H,21,22). The molecule has 1 aromatic heterocycles. The van der Waals surface area contributed by atoms with Crippen molar-refractivity contribution in [2.75, 3.05) is 6.54 Å². The first-order chi connectivity index (χ1) is 12.0. The van der Waals surface area contributed by atoms with E-state index in [-0.39, 0.29) is 11.4 Å². The summed E-state index contributed by atoms with van der Waals surface area (Å²) in [6.07, 6.45) is 1.97. The second-order valence-electron chi connectivity index (χ2n) is 5.69. The van der Waals surface area contributed by atoms with E-state index < -0.39 is 22.8 Å². The molecule has 9 heteroatoms. The number of nitro benzene ring substituents is 1. The number of piperidine rings is 1. The van der Waals surface area contributed by atoms with E-state index in [4.69, 9.17) is 0 Å². The number of amides is 1. The van der Waals surface area contributed by atoms with E-state index in [9.17, 15) is 24.8 Å². The molecule has 1 N–H and O–H groups in total. The summed E-state index contributed by atoms with van der Waals surface area (Å²) in [5, 5.41) is 22.2. The Bertz CT molecular complexity index is 835. The van der Waals surface area contributed by atoms with E-state index in [1.54, 1.807) is 17.5 Å². The molecular weight excluding hydrogens is 346 g/mol.